The molecule has 10 nitrogen and oxygen atoms in total. The van der Waals surface area contributed by atoms with Gasteiger partial charge in [-0.2, -0.15) is 0 Å². The first-order valence-electron chi connectivity index (χ1n) is 7.45. The molecule has 0 bridgehead atoms. The van der Waals surface area contributed by atoms with E-state index in [-0.39, 0.29) is 25.7 Å². The number of fused-ring (bicyclic) bond motifs is 1. The number of nitrogens with zero attached hydrogens (tertiary/aromatic N) is 1. The Labute approximate surface area is 148 Å². The third-order valence-corrected chi connectivity index (χ3v) is 4.96. The van der Waals surface area contributed by atoms with Crippen LogP contribution < -0.4 is 5.73 Å². The molecule has 25 heavy (non-hydrogen) atoms. The summed E-state index contributed by atoms with van der Waals surface area (Å²) in [5.74, 6) is -1.82. The van der Waals surface area contributed by atoms with Crippen molar-refractivity contribution in [3.63, 3.8) is 0 Å². The van der Waals surface area contributed by atoms with E-state index in [0.717, 1.165) is 11.8 Å². The zero-order valence-electron chi connectivity index (χ0n) is 13.8. The molecule has 3 atom stereocenters. The SMILES string of the molecule is COCCOCOC(=O)C1=C(COC(N)=O)S[C@@H]2[C@@H]([C@@H](C)O)C(=O)N12. The van der Waals surface area contributed by atoms with Crippen molar-refractivity contribution in [1.29, 1.82) is 0 Å². The summed E-state index contributed by atoms with van der Waals surface area (Å²) >= 11 is 1.16. The highest BCUT2D eigenvalue weighted by atomic mass is 32.2. The highest BCUT2D eigenvalue weighted by Crippen LogP contribution is 2.50. The Morgan fingerprint density at radius 2 is 2.08 bits per heavy atom. The van der Waals surface area contributed by atoms with Crippen LogP contribution in [0.1, 0.15) is 6.92 Å². The van der Waals surface area contributed by atoms with Crippen LogP contribution in [-0.2, 0) is 28.5 Å². The number of aliphatic hydroxyl groups is 1. The average molecular weight is 376 g/mol. The van der Waals surface area contributed by atoms with E-state index in [1.165, 1.54) is 18.9 Å². The van der Waals surface area contributed by atoms with Gasteiger partial charge in [0.2, 0.25) is 5.91 Å². The molecule has 2 heterocycles. The van der Waals surface area contributed by atoms with E-state index in [4.69, 9.17) is 24.7 Å². The van der Waals surface area contributed by atoms with Crippen LogP contribution in [-0.4, -0.2) is 73.2 Å². The van der Waals surface area contributed by atoms with Crippen LogP contribution in [0.4, 0.5) is 4.79 Å². The van der Waals surface area contributed by atoms with Crippen molar-refractivity contribution in [2.75, 3.05) is 33.7 Å². The van der Waals surface area contributed by atoms with Crippen molar-refractivity contribution < 1.29 is 38.4 Å². The van der Waals surface area contributed by atoms with Crippen molar-refractivity contribution in [3.05, 3.63) is 10.6 Å². The molecule has 0 spiro atoms. The minimum atomic E-state index is -1.00. The zero-order valence-corrected chi connectivity index (χ0v) is 14.6. The lowest BCUT2D eigenvalue weighted by molar-refractivity contribution is -0.163. The summed E-state index contributed by atoms with van der Waals surface area (Å²) in [6.07, 6.45) is -1.87. The van der Waals surface area contributed by atoms with Gasteiger partial charge in [0, 0.05) is 7.11 Å². The van der Waals surface area contributed by atoms with E-state index in [1.807, 2.05) is 0 Å². The third-order valence-electron chi connectivity index (χ3n) is 3.62. The maximum atomic E-state index is 12.3. The van der Waals surface area contributed by atoms with Crippen LogP contribution in [0.3, 0.4) is 0 Å². The normalized spacial score (nSPS) is 23.2. The van der Waals surface area contributed by atoms with Crippen molar-refractivity contribution in [2.45, 2.75) is 18.4 Å². The number of esters is 1. The van der Waals surface area contributed by atoms with Gasteiger partial charge >= 0.3 is 12.1 Å². The molecule has 0 saturated carbocycles. The van der Waals surface area contributed by atoms with Crippen LogP contribution in [0, 0.1) is 5.92 Å². The number of thioether (sulfide) groups is 1. The monoisotopic (exact) mass is 376 g/mol. The number of rotatable bonds is 9. The quantitative estimate of drug-likeness (QED) is 0.233. The predicted molar refractivity (Wildman–Crippen MR) is 84.7 cm³/mol. The number of carbonyl (C=O) groups is 3. The molecule has 0 aliphatic carbocycles. The molecular formula is C14H20N2O8S. The van der Waals surface area contributed by atoms with Crippen molar-refractivity contribution >= 4 is 29.7 Å². The molecule has 0 radical (unpaired) electrons. The van der Waals surface area contributed by atoms with E-state index < -0.39 is 35.4 Å². The first-order valence-corrected chi connectivity index (χ1v) is 8.33. The maximum Gasteiger partial charge on any atom is 0.404 e. The molecule has 140 valence electrons. The van der Waals surface area contributed by atoms with E-state index in [2.05, 4.69) is 0 Å². The number of hydrogen-bond acceptors (Lipinski definition) is 9. The summed E-state index contributed by atoms with van der Waals surface area (Å²) in [5, 5.41) is 9.26. The minimum Gasteiger partial charge on any atom is -0.444 e. The number of ether oxygens (including phenoxy) is 4. The van der Waals surface area contributed by atoms with Crippen molar-refractivity contribution in [1.82, 2.24) is 4.90 Å². The first-order chi connectivity index (χ1) is 11.9. The second-order valence-corrected chi connectivity index (χ2v) is 6.52. The highest BCUT2D eigenvalue weighted by molar-refractivity contribution is 8.04. The van der Waals surface area contributed by atoms with Gasteiger partial charge in [-0.3, -0.25) is 9.69 Å². The number of methoxy groups -OCH3 is 1. The van der Waals surface area contributed by atoms with Crippen LogP contribution >= 0.6 is 11.8 Å². The minimum absolute atomic E-state index is 0.0199. The highest BCUT2D eigenvalue weighted by Gasteiger charge is 2.57. The lowest BCUT2D eigenvalue weighted by atomic mass is 9.92. The standard InChI is InChI=1S/C14H20N2O8S/c1-7(17)9-11(18)16-10(13(19)24-6-22-4-3-21-2)8(25-12(9)16)5-23-14(15)20/h7,9,12,17H,3-6H2,1-2H3,(H2,15,20)/t7-,9+,12-/m1/s1. The number of carbonyl (C=O) groups excluding carboxylic acids is 3. The Morgan fingerprint density at radius 3 is 2.68 bits per heavy atom. The molecule has 1 fully saturated rings. The van der Waals surface area contributed by atoms with E-state index >= 15 is 0 Å². The molecular weight excluding hydrogens is 356 g/mol. The molecule has 2 amide bonds. The molecule has 2 aliphatic heterocycles. The Hall–Kier alpha value is -1.82. The Morgan fingerprint density at radius 1 is 1.36 bits per heavy atom. The summed E-state index contributed by atoms with van der Waals surface area (Å²) in [5.41, 5.74) is 4.93. The predicted octanol–water partition coefficient (Wildman–Crippen LogP) is -0.631. The molecule has 0 aromatic rings. The number of hydrogen-bond donors (Lipinski definition) is 2. The maximum absolute atomic E-state index is 12.3. The van der Waals surface area contributed by atoms with Crippen LogP contribution in [0.25, 0.3) is 0 Å². The number of nitrogens with two attached hydrogens (primary N) is 1. The molecule has 3 N–H and O–H groups in total. The second kappa shape index (κ2) is 8.52. The van der Waals surface area contributed by atoms with Crippen molar-refractivity contribution in [2.24, 2.45) is 11.7 Å². The molecule has 2 aliphatic rings. The van der Waals surface area contributed by atoms with Gasteiger partial charge in [0.25, 0.3) is 0 Å². The summed E-state index contributed by atoms with van der Waals surface area (Å²) < 4.78 is 19.6. The summed E-state index contributed by atoms with van der Waals surface area (Å²) in [6, 6.07) is 0. The van der Waals surface area contributed by atoms with Gasteiger partial charge in [0.05, 0.1) is 30.1 Å². The van der Waals surface area contributed by atoms with Gasteiger partial charge in [-0.1, -0.05) is 11.8 Å². The van der Waals surface area contributed by atoms with E-state index in [1.54, 1.807) is 0 Å². The number of β-lactam (4-membered cyclic amide) rings is 1. The van der Waals surface area contributed by atoms with Gasteiger partial charge in [-0.05, 0) is 6.92 Å². The van der Waals surface area contributed by atoms with Gasteiger partial charge in [0.15, 0.2) is 6.79 Å². The smallest absolute Gasteiger partial charge is 0.404 e. The van der Waals surface area contributed by atoms with E-state index in [0.29, 0.717) is 11.5 Å². The van der Waals surface area contributed by atoms with E-state index in [9.17, 15) is 19.5 Å². The second-order valence-electron chi connectivity index (χ2n) is 5.31. The fourth-order valence-corrected chi connectivity index (χ4v) is 3.96. The van der Waals surface area contributed by atoms with Gasteiger partial charge in [0.1, 0.15) is 17.7 Å². The summed E-state index contributed by atoms with van der Waals surface area (Å²) in [7, 11) is 1.51. The van der Waals surface area contributed by atoms with Gasteiger partial charge in [-0.25, -0.2) is 9.59 Å². The van der Waals surface area contributed by atoms with Crippen LogP contribution in [0.2, 0.25) is 0 Å². The topological polar surface area (TPSA) is 138 Å². The van der Waals surface area contributed by atoms with Crippen LogP contribution in [0.5, 0.6) is 0 Å². The zero-order chi connectivity index (χ0) is 18.6. The molecule has 2 rings (SSSR count). The summed E-state index contributed by atoms with van der Waals surface area (Å²) in [4.78, 5) is 36.9. The third kappa shape index (κ3) is 4.24. The first kappa shape index (κ1) is 19.5. The Bertz CT molecular complexity index is 579. The lowest BCUT2D eigenvalue weighted by Gasteiger charge is -2.43. The Kier molecular flexibility index (Phi) is 6.64. The fourth-order valence-electron chi connectivity index (χ4n) is 2.45. The fraction of sp³-hybridized carbons (Fsp3) is 0.643. The lowest BCUT2D eigenvalue weighted by Crippen LogP contribution is -2.60. The van der Waals surface area contributed by atoms with Gasteiger partial charge < -0.3 is 29.8 Å². The number of aliphatic hydroxyl groups excluding tert-OH is 1. The van der Waals surface area contributed by atoms with Crippen LogP contribution in [0.15, 0.2) is 10.6 Å². The Balaban J connectivity index is 2.05. The number of amides is 2. The molecule has 11 heteroatoms. The van der Waals surface area contributed by atoms with Gasteiger partial charge in [-0.15, -0.1) is 0 Å². The summed E-state index contributed by atoms with van der Waals surface area (Å²) in [6.45, 7) is 1.51. The molecule has 1 saturated heterocycles. The largest absolute Gasteiger partial charge is 0.444 e. The molecule has 0 unspecified atom stereocenters. The average Bonchev–Trinajstić information content (AvgIpc) is 2.86. The number of primary amides is 1. The molecule has 0 aromatic carbocycles. The molecule has 0 aromatic heterocycles. The van der Waals surface area contributed by atoms with Crippen molar-refractivity contribution in [3.8, 4) is 0 Å².